The van der Waals surface area contributed by atoms with Gasteiger partial charge in [-0.05, 0) is 72.8 Å². The minimum absolute atomic E-state index is 0.110. The van der Waals surface area contributed by atoms with Gasteiger partial charge in [0.25, 0.3) is 5.91 Å². The number of pyridine rings is 1. The van der Waals surface area contributed by atoms with E-state index in [1.807, 2.05) is 54.9 Å². The molecule has 7 heteroatoms. The molecule has 0 bridgehead atoms. The molecule has 2 N–H and O–H groups in total. The van der Waals surface area contributed by atoms with E-state index in [2.05, 4.69) is 75.3 Å². The lowest BCUT2D eigenvalue weighted by Crippen LogP contribution is -2.24. The van der Waals surface area contributed by atoms with Crippen molar-refractivity contribution in [2.75, 3.05) is 18.4 Å². The van der Waals surface area contributed by atoms with Crippen LogP contribution in [0.4, 0.5) is 5.69 Å². The number of rotatable bonds is 14. The van der Waals surface area contributed by atoms with Crippen LogP contribution in [0, 0.1) is 0 Å². The summed E-state index contributed by atoms with van der Waals surface area (Å²) < 4.78 is 0. The van der Waals surface area contributed by atoms with E-state index in [0.29, 0.717) is 25.2 Å². The number of nitrogens with zero attached hydrogens (tertiary/aromatic N) is 4. The summed E-state index contributed by atoms with van der Waals surface area (Å²) in [6.45, 7) is 9.61. The molecule has 0 aliphatic rings. The van der Waals surface area contributed by atoms with E-state index in [9.17, 15) is 4.79 Å². The van der Waals surface area contributed by atoms with Gasteiger partial charge in [0, 0.05) is 54.9 Å². The number of imidazole rings is 1. The third kappa shape index (κ3) is 8.12. The standard InChI is InChI=1S/C35H40N6O/c1-3-19-40(20-4-2)23-28-11-15-32(16-12-28)39-35(42)29-13-9-27(10-14-29)24-41(26-34-36-17-18-37-34)25-33-21-30-7-5-6-8-31(30)22-38-33/h5-18,21-22H,3-4,19-20,23-26H2,1-2H3,(H,36,37)(H,39,42). The Bertz CT molecular complexity index is 1540. The Morgan fingerprint density at radius 1 is 0.762 bits per heavy atom. The Balaban J connectivity index is 1.21. The maximum absolute atomic E-state index is 13.0. The fraction of sp³-hybridized carbons (Fsp3) is 0.286. The molecule has 3 aromatic carbocycles. The van der Waals surface area contributed by atoms with Crippen molar-refractivity contribution in [3.8, 4) is 0 Å². The lowest BCUT2D eigenvalue weighted by atomic mass is 10.1. The highest BCUT2D eigenvalue weighted by molar-refractivity contribution is 6.04. The van der Waals surface area contributed by atoms with Crippen molar-refractivity contribution in [1.82, 2.24) is 24.8 Å². The number of benzene rings is 3. The number of carbonyl (C=O) groups is 1. The van der Waals surface area contributed by atoms with Crippen LogP contribution in [0.2, 0.25) is 0 Å². The number of aromatic amines is 1. The molecule has 5 aromatic rings. The first kappa shape index (κ1) is 29.2. The molecule has 0 unspecified atom stereocenters. The minimum Gasteiger partial charge on any atom is -0.348 e. The molecule has 0 aliphatic carbocycles. The molecule has 0 fully saturated rings. The molecule has 5 rings (SSSR count). The van der Waals surface area contributed by atoms with E-state index < -0.39 is 0 Å². The Labute approximate surface area is 248 Å². The lowest BCUT2D eigenvalue weighted by Gasteiger charge is -2.21. The minimum atomic E-state index is -0.110. The fourth-order valence-electron chi connectivity index (χ4n) is 5.29. The van der Waals surface area contributed by atoms with Crippen LogP contribution in [0.1, 0.15) is 59.7 Å². The van der Waals surface area contributed by atoms with Crippen molar-refractivity contribution in [1.29, 1.82) is 0 Å². The molecule has 2 heterocycles. The zero-order chi connectivity index (χ0) is 29.1. The van der Waals surface area contributed by atoms with E-state index in [-0.39, 0.29) is 5.91 Å². The Morgan fingerprint density at radius 2 is 1.43 bits per heavy atom. The number of fused-ring (bicyclic) bond motifs is 1. The predicted octanol–water partition coefficient (Wildman–Crippen LogP) is 7.03. The summed E-state index contributed by atoms with van der Waals surface area (Å²) in [7, 11) is 0. The van der Waals surface area contributed by atoms with Gasteiger partial charge in [0.2, 0.25) is 0 Å². The van der Waals surface area contributed by atoms with Crippen molar-refractivity contribution >= 4 is 22.4 Å². The van der Waals surface area contributed by atoms with E-state index in [4.69, 9.17) is 4.98 Å². The number of amides is 1. The molecule has 0 saturated carbocycles. The number of aromatic nitrogens is 3. The summed E-state index contributed by atoms with van der Waals surface area (Å²) in [5.74, 6) is 0.793. The molecule has 0 atom stereocenters. The monoisotopic (exact) mass is 560 g/mol. The molecule has 0 aliphatic heterocycles. The molecule has 1 amide bonds. The number of anilines is 1. The molecule has 0 radical (unpaired) electrons. The highest BCUT2D eigenvalue weighted by Crippen LogP contribution is 2.18. The summed E-state index contributed by atoms with van der Waals surface area (Å²) in [5.41, 5.74) is 4.82. The van der Waals surface area contributed by atoms with Gasteiger partial charge < -0.3 is 10.3 Å². The van der Waals surface area contributed by atoms with E-state index in [1.54, 1.807) is 6.20 Å². The third-order valence-electron chi connectivity index (χ3n) is 7.32. The Hall–Kier alpha value is -4.33. The maximum Gasteiger partial charge on any atom is 0.255 e. The van der Waals surface area contributed by atoms with Gasteiger partial charge in [-0.1, -0.05) is 62.4 Å². The van der Waals surface area contributed by atoms with Crippen LogP contribution in [0.25, 0.3) is 10.8 Å². The first-order chi connectivity index (χ1) is 20.6. The second kappa shape index (κ2) is 14.5. The average molecular weight is 561 g/mol. The molecule has 0 spiro atoms. The van der Waals surface area contributed by atoms with Crippen molar-refractivity contribution in [3.05, 3.63) is 126 Å². The van der Waals surface area contributed by atoms with E-state index in [1.165, 1.54) is 10.9 Å². The number of nitrogens with one attached hydrogen (secondary N) is 2. The van der Waals surface area contributed by atoms with Crippen LogP contribution in [0.5, 0.6) is 0 Å². The van der Waals surface area contributed by atoms with Gasteiger partial charge in [0.1, 0.15) is 5.82 Å². The predicted molar refractivity (Wildman–Crippen MR) is 170 cm³/mol. The van der Waals surface area contributed by atoms with Gasteiger partial charge >= 0.3 is 0 Å². The molecule has 0 saturated heterocycles. The highest BCUT2D eigenvalue weighted by atomic mass is 16.1. The summed E-state index contributed by atoms with van der Waals surface area (Å²) in [6, 6.07) is 26.5. The van der Waals surface area contributed by atoms with E-state index in [0.717, 1.165) is 60.6 Å². The van der Waals surface area contributed by atoms with Crippen LogP contribution < -0.4 is 5.32 Å². The smallest absolute Gasteiger partial charge is 0.255 e. The number of carbonyl (C=O) groups excluding carboxylic acids is 1. The molecule has 216 valence electrons. The summed E-state index contributed by atoms with van der Waals surface area (Å²) >= 11 is 0. The van der Waals surface area contributed by atoms with Crippen LogP contribution in [0.3, 0.4) is 0 Å². The lowest BCUT2D eigenvalue weighted by molar-refractivity contribution is 0.102. The second-order valence-corrected chi connectivity index (χ2v) is 10.8. The molecule has 7 nitrogen and oxygen atoms in total. The van der Waals surface area contributed by atoms with Gasteiger partial charge in [-0.2, -0.15) is 0 Å². The second-order valence-electron chi connectivity index (χ2n) is 10.8. The normalized spacial score (nSPS) is 11.4. The molecule has 2 aromatic heterocycles. The summed E-state index contributed by atoms with van der Waals surface area (Å²) in [6.07, 6.45) is 7.85. The van der Waals surface area contributed by atoms with Crippen LogP contribution >= 0.6 is 0 Å². The third-order valence-corrected chi connectivity index (χ3v) is 7.32. The van der Waals surface area contributed by atoms with Crippen molar-refractivity contribution < 1.29 is 4.79 Å². The number of hydrogen-bond acceptors (Lipinski definition) is 5. The first-order valence-electron chi connectivity index (χ1n) is 14.9. The van der Waals surface area contributed by atoms with Crippen molar-refractivity contribution in [2.45, 2.75) is 52.9 Å². The fourth-order valence-corrected chi connectivity index (χ4v) is 5.29. The zero-order valence-electron chi connectivity index (χ0n) is 24.6. The van der Waals surface area contributed by atoms with Gasteiger partial charge in [0.05, 0.1) is 12.2 Å². The maximum atomic E-state index is 13.0. The topological polar surface area (TPSA) is 77.2 Å². The van der Waals surface area contributed by atoms with Crippen LogP contribution in [-0.2, 0) is 26.2 Å². The Kier molecular flexibility index (Phi) is 10.1. The van der Waals surface area contributed by atoms with Gasteiger partial charge in [-0.15, -0.1) is 0 Å². The van der Waals surface area contributed by atoms with Gasteiger partial charge in [-0.3, -0.25) is 19.6 Å². The van der Waals surface area contributed by atoms with E-state index >= 15 is 0 Å². The SMILES string of the molecule is CCCN(CCC)Cc1ccc(NC(=O)c2ccc(CN(Cc3cc4ccccc4cn3)Cc3ncc[nH]3)cc2)cc1. The molecular formula is C35H40N6O. The average Bonchev–Trinajstić information content (AvgIpc) is 3.52. The number of hydrogen-bond donors (Lipinski definition) is 2. The quantitative estimate of drug-likeness (QED) is 0.152. The van der Waals surface area contributed by atoms with Gasteiger partial charge in [0.15, 0.2) is 0 Å². The highest BCUT2D eigenvalue weighted by Gasteiger charge is 2.13. The first-order valence-corrected chi connectivity index (χ1v) is 14.9. The number of H-pyrrole nitrogens is 1. The van der Waals surface area contributed by atoms with Crippen LogP contribution in [0.15, 0.2) is 97.5 Å². The molecular weight excluding hydrogens is 520 g/mol. The molecule has 42 heavy (non-hydrogen) atoms. The zero-order valence-corrected chi connectivity index (χ0v) is 24.6. The van der Waals surface area contributed by atoms with Gasteiger partial charge in [-0.25, -0.2) is 4.98 Å². The summed E-state index contributed by atoms with van der Waals surface area (Å²) in [4.78, 5) is 30.1. The van der Waals surface area contributed by atoms with Crippen LogP contribution in [-0.4, -0.2) is 43.7 Å². The van der Waals surface area contributed by atoms with Crippen molar-refractivity contribution in [3.63, 3.8) is 0 Å². The Morgan fingerprint density at radius 3 is 2.10 bits per heavy atom. The summed E-state index contributed by atoms with van der Waals surface area (Å²) in [5, 5.41) is 5.36. The largest absolute Gasteiger partial charge is 0.348 e. The van der Waals surface area contributed by atoms with Crippen molar-refractivity contribution in [2.24, 2.45) is 0 Å².